The lowest BCUT2D eigenvalue weighted by Gasteiger charge is -2.31. The molecule has 0 fully saturated rings. The van der Waals surface area contributed by atoms with Gasteiger partial charge in [-0.25, -0.2) is 0 Å². The van der Waals surface area contributed by atoms with Gasteiger partial charge in [-0.15, -0.1) is 5.11 Å². The average molecular weight is 401 g/mol. The monoisotopic (exact) mass is 400 g/mol. The molecule has 2 aromatic rings. The minimum atomic E-state index is -3.24. The van der Waals surface area contributed by atoms with E-state index >= 15 is 0 Å². The summed E-state index contributed by atoms with van der Waals surface area (Å²) < 4.78 is 18.0. The Morgan fingerprint density at radius 1 is 1.07 bits per heavy atom. The van der Waals surface area contributed by atoms with E-state index in [1.807, 2.05) is 56.3 Å². The third-order valence-electron chi connectivity index (χ3n) is 4.29. The van der Waals surface area contributed by atoms with Crippen LogP contribution in [0.15, 0.2) is 52.7 Å². The number of carboxylic acid groups (broad SMARTS) is 1. The van der Waals surface area contributed by atoms with Crippen LogP contribution in [0.25, 0.3) is 11.1 Å². The van der Waals surface area contributed by atoms with Gasteiger partial charge in [0.15, 0.2) is 0 Å². The smallest absolute Gasteiger partial charge is 0.481 e. The molecule has 8 heteroatoms. The summed E-state index contributed by atoms with van der Waals surface area (Å²) in [5.41, 5.74) is 3.70. The Labute approximate surface area is 165 Å². The van der Waals surface area contributed by atoms with Crippen molar-refractivity contribution < 1.29 is 23.2 Å². The van der Waals surface area contributed by atoms with E-state index in [-0.39, 0.29) is 6.42 Å². The number of aliphatic carboxylic acids is 1. The molecule has 0 radical (unpaired) electrons. The van der Waals surface area contributed by atoms with Gasteiger partial charge >= 0.3 is 14.8 Å². The zero-order valence-electron chi connectivity index (χ0n) is 16.2. The van der Waals surface area contributed by atoms with Crippen molar-refractivity contribution in [2.75, 3.05) is 13.2 Å². The maximum atomic E-state index is 11.1. The summed E-state index contributed by atoms with van der Waals surface area (Å²) in [5, 5.41) is 18.1. The van der Waals surface area contributed by atoms with Gasteiger partial charge in [0.25, 0.3) is 0 Å². The Hall–Kier alpha value is -2.39. The maximum Gasteiger partial charge on any atom is 0.537 e. The van der Waals surface area contributed by atoms with E-state index in [1.165, 1.54) is 0 Å². The molecule has 7 nitrogen and oxygen atoms in total. The number of nitrogens with zero attached hydrogens (tertiary/aromatic N) is 2. The fraction of sp³-hybridized carbons (Fsp3) is 0.350. The highest BCUT2D eigenvalue weighted by Crippen LogP contribution is 2.38. The van der Waals surface area contributed by atoms with Crippen LogP contribution in [-0.2, 0) is 18.1 Å². The van der Waals surface area contributed by atoms with Crippen molar-refractivity contribution in [1.29, 1.82) is 0 Å². The predicted molar refractivity (Wildman–Crippen MR) is 107 cm³/mol. The molecule has 0 spiro atoms. The summed E-state index contributed by atoms with van der Waals surface area (Å²) in [7, 11) is -3.24. The SMILES string of the molecule is CCO[Si](OCC)(OC(C)CC(=O)O)c1ccc(-c2ccc3cc2N=N3)cc1. The fourth-order valence-corrected chi connectivity index (χ4v) is 5.79. The molecule has 1 aliphatic heterocycles. The summed E-state index contributed by atoms with van der Waals surface area (Å²) in [6, 6.07) is 13.7. The van der Waals surface area contributed by atoms with E-state index in [4.69, 9.17) is 18.4 Å². The van der Waals surface area contributed by atoms with Gasteiger partial charge in [0.2, 0.25) is 0 Å². The second-order valence-electron chi connectivity index (χ2n) is 6.43. The molecule has 0 aliphatic carbocycles. The molecule has 1 aliphatic rings. The molecule has 2 aromatic carbocycles. The van der Waals surface area contributed by atoms with Crippen molar-refractivity contribution in [2.24, 2.45) is 10.2 Å². The third-order valence-corrected chi connectivity index (χ3v) is 7.38. The van der Waals surface area contributed by atoms with Gasteiger partial charge in [-0.3, -0.25) is 4.79 Å². The average Bonchev–Trinajstić information content (AvgIpc) is 3.02. The van der Waals surface area contributed by atoms with Gasteiger partial charge < -0.3 is 18.4 Å². The molecular formula is C20H24N2O5Si. The largest absolute Gasteiger partial charge is 0.537 e. The van der Waals surface area contributed by atoms with Gasteiger partial charge in [0, 0.05) is 24.0 Å². The summed E-state index contributed by atoms with van der Waals surface area (Å²) in [4.78, 5) is 11.1. The minimum Gasteiger partial charge on any atom is -0.481 e. The van der Waals surface area contributed by atoms with Crippen molar-refractivity contribution in [3.63, 3.8) is 0 Å². The van der Waals surface area contributed by atoms with Crippen molar-refractivity contribution in [2.45, 2.75) is 33.3 Å². The van der Waals surface area contributed by atoms with Gasteiger partial charge in [-0.05, 0) is 44.5 Å². The Balaban J connectivity index is 1.91. The maximum absolute atomic E-state index is 11.1. The second kappa shape index (κ2) is 8.74. The van der Waals surface area contributed by atoms with Crippen LogP contribution in [0.1, 0.15) is 27.2 Å². The van der Waals surface area contributed by atoms with Crippen LogP contribution in [0.3, 0.4) is 0 Å². The van der Waals surface area contributed by atoms with Crippen molar-refractivity contribution in [3.8, 4) is 11.1 Å². The molecule has 0 amide bonds. The number of fused-ring (bicyclic) bond motifs is 2. The third kappa shape index (κ3) is 4.36. The zero-order chi connectivity index (χ0) is 20.1. The zero-order valence-corrected chi connectivity index (χ0v) is 17.2. The van der Waals surface area contributed by atoms with Gasteiger partial charge in [0.1, 0.15) is 0 Å². The first kappa shape index (κ1) is 20.3. The van der Waals surface area contributed by atoms with E-state index in [9.17, 15) is 4.79 Å². The number of benzene rings is 2. The van der Waals surface area contributed by atoms with Crippen LogP contribution in [0.5, 0.6) is 0 Å². The molecular weight excluding hydrogens is 376 g/mol. The predicted octanol–water partition coefficient (Wildman–Crippen LogP) is 4.18. The molecule has 28 heavy (non-hydrogen) atoms. The highest BCUT2D eigenvalue weighted by Gasteiger charge is 2.45. The Bertz CT molecular complexity index is 863. The van der Waals surface area contributed by atoms with Crippen LogP contribution in [0, 0.1) is 0 Å². The standard InChI is InChI=1S/C20H24N2O5Si/c1-4-25-28(26-5-2,27-14(3)12-20(23)24)17-9-6-15(7-10-17)18-11-8-16-13-19(18)22-21-16/h6-11,13-14H,4-5,12H2,1-3H3,(H,23,24). The van der Waals surface area contributed by atoms with Gasteiger partial charge in [0.05, 0.1) is 23.9 Å². The summed E-state index contributed by atoms with van der Waals surface area (Å²) >= 11 is 0. The highest BCUT2D eigenvalue weighted by atomic mass is 28.4. The molecule has 0 saturated carbocycles. The molecule has 1 N–H and O–H groups in total. The lowest BCUT2D eigenvalue weighted by atomic mass is 10.0. The quantitative estimate of drug-likeness (QED) is 0.516. The van der Waals surface area contributed by atoms with E-state index in [0.717, 1.165) is 27.7 Å². The molecule has 0 saturated heterocycles. The van der Waals surface area contributed by atoms with E-state index in [2.05, 4.69) is 10.2 Å². The van der Waals surface area contributed by atoms with E-state index in [0.29, 0.717) is 13.2 Å². The van der Waals surface area contributed by atoms with E-state index in [1.54, 1.807) is 6.92 Å². The molecule has 2 bridgehead atoms. The first-order valence-corrected chi connectivity index (χ1v) is 11.0. The molecule has 148 valence electrons. The van der Waals surface area contributed by atoms with Gasteiger partial charge in [-0.1, -0.05) is 24.3 Å². The summed E-state index contributed by atoms with van der Waals surface area (Å²) in [5.74, 6) is -0.922. The highest BCUT2D eigenvalue weighted by molar-refractivity contribution is 6.75. The fourth-order valence-electron chi connectivity index (χ4n) is 3.15. The Kier molecular flexibility index (Phi) is 6.35. The van der Waals surface area contributed by atoms with E-state index < -0.39 is 20.9 Å². The topological polar surface area (TPSA) is 89.7 Å². The first-order chi connectivity index (χ1) is 13.5. The van der Waals surface area contributed by atoms with Crippen LogP contribution < -0.4 is 5.19 Å². The molecule has 1 unspecified atom stereocenters. The van der Waals surface area contributed by atoms with Crippen LogP contribution in [0.2, 0.25) is 0 Å². The lowest BCUT2D eigenvalue weighted by molar-refractivity contribution is -0.139. The van der Waals surface area contributed by atoms with Crippen molar-refractivity contribution >= 4 is 31.3 Å². The van der Waals surface area contributed by atoms with Crippen LogP contribution in [0.4, 0.5) is 11.4 Å². The Morgan fingerprint density at radius 2 is 1.75 bits per heavy atom. The number of azo groups is 1. The number of hydrogen-bond acceptors (Lipinski definition) is 6. The van der Waals surface area contributed by atoms with Crippen molar-refractivity contribution in [3.05, 3.63) is 42.5 Å². The number of hydrogen-bond donors (Lipinski definition) is 1. The normalized spacial score (nSPS) is 13.7. The van der Waals surface area contributed by atoms with Crippen LogP contribution in [-0.4, -0.2) is 39.2 Å². The number of carboxylic acids is 1. The second-order valence-corrected chi connectivity index (χ2v) is 8.93. The first-order valence-electron chi connectivity index (χ1n) is 9.31. The Morgan fingerprint density at radius 3 is 2.36 bits per heavy atom. The minimum absolute atomic E-state index is 0.117. The summed E-state index contributed by atoms with van der Waals surface area (Å²) in [6.45, 7) is 6.26. The molecule has 0 aromatic heterocycles. The van der Waals surface area contributed by atoms with Gasteiger partial charge in [-0.2, -0.15) is 5.11 Å². The van der Waals surface area contributed by atoms with Crippen molar-refractivity contribution in [1.82, 2.24) is 0 Å². The molecule has 3 rings (SSSR count). The lowest BCUT2D eigenvalue weighted by Crippen LogP contribution is -2.58. The molecule has 1 heterocycles. The number of rotatable bonds is 10. The summed E-state index contributed by atoms with van der Waals surface area (Å²) in [6.07, 6.45) is -0.649. The van der Waals surface area contributed by atoms with Crippen LogP contribution >= 0.6 is 0 Å². The molecule has 1 atom stereocenters. The number of carbonyl (C=O) groups is 1.